The topological polar surface area (TPSA) is 20.2 Å². The first-order valence-electron chi connectivity index (χ1n) is 4.60. The molecule has 3 atom stereocenters. The first-order chi connectivity index (χ1) is 5.63. The van der Waals surface area contributed by atoms with Gasteiger partial charge in [0, 0.05) is 11.3 Å². The molecule has 0 spiro atoms. The van der Waals surface area contributed by atoms with E-state index in [1.165, 1.54) is 12.8 Å². The Labute approximate surface area is 79.4 Å². The van der Waals surface area contributed by atoms with E-state index in [4.69, 9.17) is 11.6 Å². The summed E-state index contributed by atoms with van der Waals surface area (Å²) in [5, 5.41) is 9.88. The van der Waals surface area contributed by atoms with Gasteiger partial charge in [-0.2, -0.15) is 0 Å². The first kappa shape index (κ1) is 10.1. The number of aliphatic hydroxyl groups excluding tert-OH is 1. The van der Waals surface area contributed by atoms with Crippen LogP contribution in [0.2, 0.25) is 0 Å². The molecule has 1 N–H and O–H groups in total. The lowest BCUT2D eigenvalue weighted by Gasteiger charge is -2.31. The van der Waals surface area contributed by atoms with Crippen molar-refractivity contribution in [3.05, 3.63) is 12.2 Å². The minimum atomic E-state index is -0.396. The van der Waals surface area contributed by atoms with Crippen molar-refractivity contribution >= 4 is 11.6 Å². The van der Waals surface area contributed by atoms with E-state index in [0.717, 1.165) is 18.4 Å². The summed E-state index contributed by atoms with van der Waals surface area (Å²) in [5.74, 6) is 0.234. The average Bonchev–Trinajstić information content (AvgIpc) is 2.04. The van der Waals surface area contributed by atoms with E-state index in [1.807, 2.05) is 6.92 Å². The van der Waals surface area contributed by atoms with Crippen molar-refractivity contribution in [2.24, 2.45) is 5.92 Å². The molecule has 0 heterocycles. The van der Waals surface area contributed by atoms with Crippen LogP contribution in [0.5, 0.6) is 0 Å². The second-order valence-corrected chi connectivity index (χ2v) is 4.32. The van der Waals surface area contributed by atoms with Gasteiger partial charge in [0.25, 0.3) is 0 Å². The Morgan fingerprint density at radius 3 is 2.58 bits per heavy atom. The van der Waals surface area contributed by atoms with Crippen molar-refractivity contribution < 1.29 is 5.11 Å². The summed E-state index contributed by atoms with van der Waals surface area (Å²) < 4.78 is 0. The standard InChI is InChI=1S/C10H17ClO/c1-7(2)10(12)8-5-3-4-6-9(8)11/h8-10,12H,1,3-6H2,2H3. The fourth-order valence-corrected chi connectivity index (χ4v) is 2.25. The van der Waals surface area contributed by atoms with Crippen LogP contribution in [0.15, 0.2) is 12.2 Å². The molecule has 1 aliphatic rings. The van der Waals surface area contributed by atoms with Gasteiger partial charge in [0.1, 0.15) is 0 Å². The summed E-state index contributed by atoms with van der Waals surface area (Å²) in [4.78, 5) is 0. The zero-order chi connectivity index (χ0) is 9.14. The van der Waals surface area contributed by atoms with Crippen molar-refractivity contribution in [3.8, 4) is 0 Å². The number of hydrogen-bond donors (Lipinski definition) is 1. The predicted octanol–water partition coefficient (Wildman–Crippen LogP) is 2.72. The van der Waals surface area contributed by atoms with Crippen LogP contribution in [0.3, 0.4) is 0 Å². The van der Waals surface area contributed by atoms with E-state index in [-0.39, 0.29) is 11.3 Å². The molecule has 0 amide bonds. The summed E-state index contributed by atoms with van der Waals surface area (Å²) in [5.41, 5.74) is 0.840. The summed E-state index contributed by atoms with van der Waals surface area (Å²) in [6, 6.07) is 0. The first-order valence-corrected chi connectivity index (χ1v) is 5.04. The molecule has 1 fully saturated rings. The van der Waals surface area contributed by atoms with Crippen LogP contribution in [0, 0.1) is 5.92 Å². The maximum absolute atomic E-state index is 9.74. The lowest BCUT2D eigenvalue weighted by Crippen LogP contribution is -2.31. The number of hydrogen-bond acceptors (Lipinski definition) is 1. The highest BCUT2D eigenvalue weighted by Gasteiger charge is 2.29. The van der Waals surface area contributed by atoms with E-state index in [2.05, 4.69) is 6.58 Å². The lowest BCUT2D eigenvalue weighted by molar-refractivity contribution is 0.118. The Morgan fingerprint density at radius 1 is 1.50 bits per heavy atom. The number of alkyl halides is 1. The van der Waals surface area contributed by atoms with Gasteiger partial charge in [0.2, 0.25) is 0 Å². The summed E-state index contributed by atoms with van der Waals surface area (Å²) in [7, 11) is 0. The Kier molecular flexibility index (Phi) is 3.60. The highest BCUT2D eigenvalue weighted by Crippen LogP contribution is 2.32. The lowest BCUT2D eigenvalue weighted by atomic mass is 9.83. The molecule has 0 radical (unpaired) electrons. The van der Waals surface area contributed by atoms with Crippen molar-refractivity contribution in [3.63, 3.8) is 0 Å². The smallest absolute Gasteiger partial charge is 0.0787 e. The van der Waals surface area contributed by atoms with Crippen molar-refractivity contribution in [1.29, 1.82) is 0 Å². The summed E-state index contributed by atoms with van der Waals surface area (Å²) in [6.45, 7) is 5.62. The van der Waals surface area contributed by atoms with Gasteiger partial charge in [-0.1, -0.05) is 25.0 Å². The molecule has 0 bridgehead atoms. The molecule has 1 aliphatic carbocycles. The fraction of sp³-hybridized carbons (Fsp3) is 0.800. The van der Waals surface area contributed by atoms with Gasteiger partial charge in [-0.15, -0.1) is 11.6 Å². The van der Waals surface area contributed by atoms with Crippen LogP contribution in [0.25, 0.3) is 0 Å². The Bertz CT molecular complexity index is 167. The Balaban J connectivity index is 2.53. The molecule has 12 heavy (non-hydrogen) atoms. The quantitative estimate of drug-likeness (QED) is 0.522. The zero-order valence-corrected chi connectivity index (χ0v) is 8.35. The van der Waals surface area contributed by atoms with Crippen LogP contribution in [-0.2, 0) is 0 Å². The SMILES string of the molecule is C=C(C)C(O)C1CCCCC1Cl. The average molecular weight is 189 g/mol. The van der Waals surface area contributed by atoms with Gasteiger partial charge in [-0.05, 0) is 19.8 Å². The second kappa shape index (κ2) is 4.29. The zero-order valence-electron chi connectivity index (χ0n) is 7.59. The second-order valence-electron chi connectivity index (χ2n) is 3.76. The molecule has 0 aromatic rings. The fourth-order valence-electron chi connectivity index (χ4n) is 1.84. The maximum Gasteiger partial charge on any atom is 0.0787 e. The summed E-state index contributed by atoms with van der Waals surface area (Å²) in [6.07, 6.45) is 4.08. The van der Waals surface area contributed by atoms with Gasteiger partial charge in [-0.25, -0.2) is 0 Å². The molecule has 0 aliphatic heterocycles. The van der Waals surface area contributed by atoms with Gasteiger partial charge in [0.05, 0.1) is 6.10 Å². The Morgan fingerprint density at radius 2 is 2.08 bits per heavy atom. The van der Waals surface area contributed by atoms with E-state index in [9.17, 15) is 5.11 Å². The van der Waals surface area contributed by atoms with Gasteiger partial charge in [-0.3, -0.25) is 0 Å². The third-order valence-electron chi connectivity index (χ3n) is 2.64. The number of rotatable bonds is 2. The predicted molar refractivity (Wildman–Crippen MR) is 52.4 cm³/mol. The third-order valence-corrected chi connectivity index (χ3v) is 3.18. The molecule has 0 aromatic carbocycles. The van der Waals surface area contributed by atoms with Crippen LogP contribution in [0.1, 0.15) is 32.6 Å². The maximum atomic E-state index is 9.74. The van der Waals surface area contributed by atoms with Gasteiger partial charge in [0.15, 0.2) is 0 Å². The number of halogens is 1. The molecule has 3 unspecified atom stereocenters. The van der Waals surface area contributed by atoms with Crippen molar-refractivity contribution in [2.45, 2.75) is 44.1 Å². The number of aliphatic hydroxyl groups is 1. The van der Waals surface area contributed by atoms with E-state index >= 15 is 0 Å². The largest absolute Gasteiger partial charge is 0.388 e. The van der Waals surface area contributed by atoms with Gasteiger partial charge < -0.3 is 5.11 Å². The molecule has 2 heteroatoms. The summed E-state index contributed by atoms with van der Waals surface area (Å²) >= 11 is 6.12. The molecular weight excluding hydrogens is 172 g/mol. The van der Waals surface area contributed by atoms with Crippen LogP contribution in [-0.4, -0.2) is 16.6 Å². The highest BCUT2D eigenvalue weighted by atomic mass is 35.5. The van der Waals surface area contributed by atoms with Crippen molar-refractivity contribution in [1.82, 2.24) is 0 Å². The Hall–Kier alpha value is -0.0100. The molecule has 1 nitrogen and oxygen atoms in total. The third kappa shape index (κ3) is 2.24. The molecule has 70 valence electrons. The normalized spacial score (nSPS) is 32.9. The van der Waals surface area contributed by atoms with E-state index in [1.54, 1.807) is 0 Å². The van der Waals surface area contributed by atoms with Gasteiger partial charge >= 0.3 is 0 Å². The van der Waals surface area contributed by atoms with Crippen LogP contribution < -0.4 is 0 Å². The molecule has 1 rings (SSSR count). The van der Waals surface area contributed by atoms with Crippen molar-refractivity contribution in [2.75, 3.05) is 0 Å². The van der Waals surface area contributed by atoms with Crippen LogP contribution in [0.4, 0.5) is 0 Å². The monoisotopic (exact) mass is 188 g/mol. The highest BCUT2D eigenvalue weighted by molar-refractivity contribution is 6.20. The molecular formula is C10H17ClO. The van der Waals surface area contributed by atoms with E-state index < -0.39 is 6.10 Å². The molecule has 1 saturated carbocycles. The van der Waals surface area contributed by atoms with Crippen LogP contribution >= 0.6 is 11.6 Å². The molecule has 0 aromatic heterocycles. The minimum Gasteiger partial charge on any atom is -0.388 e. The molecule has 0 saturated heterocycles. The minimum absolute atomic E-state index is 0.144. The van der Waals surface area contributed by atoms with E-state index in [0.29, 0.717) is 0 Å².